The molecule has 1 aromatic carbocycles. The van der Waals surface area contributed by atoms with E-state index in [0.29, 0.717) is 23.7 Å². The quantitative estimate of drug-likeness (QED) is 0.599. The van der Waals surface area contributed by atoms with Crippen LogP contribution in [0.25, 0.3) is 22.6 Å². The van der Waals surface area contributed by atoms with E-state index < -0.39 is 6.67 Å². The molecule has 0 saturated heterocycles. The van der Waals surface area contributed by atoms with Crippen LogP contribution in [0.1, 0.15) is 29.6 Å². The summed E-state index contributed by atoms with van der Waals surface area (Å²) < 4.78 is 21.5. The molecule has 3 heterocycles. The molecule has 0 fully saturated rings. The lowest BCUT2D eigenvalue weighted by atomic mass is 10.1. The van der Waals surface area contributed by atoms with Gasteiger partial charge < -0.3 is 9.30 Å². The molecule has 28 heavy (non-hydrogen) atoms. The normalized spacial score (nSPS) is 16.7. The van der Waals surface area contributed by atoms with Crippen molar-refractivity contribution in [1.29, 1.82) is 0 Å². The minimum absolute atomic E-state index is 0.0795. The maximum absolute atomic E-state index is 13.4. The molecule has 0 radical (unpaired) electrons. The van der Waals surface area contributed by atoms with Crippen molar-refractivity contribution in [3.05, 3.63) is 58.0 Å². The van der Waals surface area contributed by atoms with Gasteiger partial charge in [0.05, 0.1) is 24.9 Å². The monoisotopic (exact) mass is 399 g/mol. The number of pyridine rings is 1. The minimum atomic E-state index is -0.602. The Morgan fingerprint density at radius 1 is 1.14 bits per heavy atom. The van der Waals surface area contributed by atoms with E-state index >= 15 is 0 Å². The molecular weight excluding hydrogens is 377 g/mol. The topological polar surface area (TPSA) is 39.9 Å². The number of imidazole rings is 1. The fourth-order valence-electron chi connectivity index (χ4n) is 3.84. The van der Waals surface area contributed by atoms with Gasteiger partial charge in [0.1, 0.15) is 12.5 Å². The van der Waals surface area contributed by atoms with Crippen molar-refractivity contribution in [3.63, 3.8) is 0 Å². The standard InChI is InChI=1S/C22H23ClFN3O/c1-13-8-17(9-14(2)25-13)21-20-6-7-28-15(3)12-27(20)22(26-21)16-4-5-19(23)18(10-16)11-24/h4-5,8-10,15H,6-7,11-12H2,1-3H3/t15-/m1/s1. The summed E-state index contributed by atoms with van der Waals surface area (Å²) in [7, 11) is 0. The Hall–Kier alpha value is -2.24. The molecule has 4 nitrogen and oxygen atoms in total. The fraction of sp³-hybridized carbons (Fsp3) is 0.364. The van der Waals surface area contributed by atoms with Gasteiger partial charge in [-0.05, 0) is 51.1 Å². The highest BCUT2D eigenvalue weighted by atomic mass is 35.5. The van der Waals surface area contributed by atoms with Crippen molar-refractivity contribution >= 4 is 11.6 Å². The molecule has 1 aliphatic heterocycles. The number of alkyl halides is 1. The minimum Gasteiger partial charge on any atom is -0.376 e. The van der Waals surface area contributed by atoms with E-state index in [-0.39, 0.29) is 6.10 Å². The Balaban J connectivity index is 1.93. The summed E-state index contributed by atoms with van der Waals surface area (Å²) in [5.41, 5.74) is 6.40. The van der Waals surface area contributed by atoms with Crippen LogP contribution < -0.4 is 0 Å². The molecular formula is C22H23ClFN3O. The molecule has 2 aromatic heterocycles. The van der Waals surface area contributed by atoms with Crippen LogP contribution in [0.5, 0.6) is 0 Å². The van der Waals surface area contributed by atoms with Gasteiger partial charge in [0.25, 0.3) is 0 Å². The lowest BCUT2D eigenvalue weighted by molar-refractivity contribution is 0.0666. The Bertz CT molecular complexity index is 1010. The molecule has 1 atom stereocenters. The number of aromatic nitrogens is 3. The molecule has 0 unspecified atom stereocenters. The molecule has 1 aliphatic rings. The summed E-state index contributed by atoms with van der Waals surface area (Å²) in [6.07, 6.45) is 0.854. The average molecular weight is 400 g/mol. The van der Waals surface area contributed by atoms with Gasteiger partial charge in [0, 0.05) is 45.2 Å². The molecule has 0 bridgehead atoms. The van der Waals surface area contributed by atoms with Crippen molar-refractivity contribution < 1.29 is 9.13 Å². The van der Waals surface area contributed by atoms with Crippen molar-refractivity contribution in [2.75, 3.05) is 6.61 Å². The van der Waals surface area contributed by atoms with Crippen LogP contribution in [-0.4, -0.2) is 27.2 Å². The SMILES string of the molecule is Cc1cc(-c2nc(-c3ccc(Cl)c(CF)c3)n3c2CCO[C@H](C)C3)cc(C)n1. The second kappa shape index (κ2) is 7.64. The smallest absolute Gasteiger partial charge is 0.140 e. The Kier molecular flexibility index (Phi) is 5.21. The third kappa shape index (κ3) is 3.56. The largest absolute Gasteiger partial charge is 0.376 e. The van der Waals surface area contributed by atoms with Gasteiger partial charge in [-0.15, -0.1) is 0 Å². The first kappa shape index (κ1) is 19.1. The molecule has 0 aliphatic carbocycles. The summed E-state index contributed by atoms with van der Waals surface area (Å²) in [6.45, 7) is 6.80. The number of hydrogen-bond acceptors (Lipinski definition) is 3. The van der Waals surface area contributed by atoms with E-state index in [1.165, 1.54) is 0 Å². The number of rotatable bonds is 3. The lowest BCUT2D eigenvalue weighted by Crippen LogP contribution is -2.15. The number of ether oxygens (including phenoxy) is 1. The number of nitrogens with zero attached hydrogens (tertiary/aromatic N) is 3. The molecule has 3 aromatic rings. The zero-order chi connectivity index (χ0) is 19.8. The van der Waals surface area contributed by atoms with Crippen LogP contribution in [0.2, 0.25) is 5.02 Å². The van der Waals surface area contributed by atoms with E-state index in [9.17, 15) is 4.39 Å². The van der Waals surface area contributed by atoms with Crippen LogP contribution in [0.4, 0.5) is 4.39 Å². The number of fused-ring (bicyclic) bond motifs is 1. The number of benzene rings is 1. The van der Waals surface area contributed by atoms with Gasteiger partial charge in [0.2, 0.25) is 0 Å². The van der Waals surface area contributed by atoms with Gasteiger partial charge in [-0.3, -0.25) is 4.98 Å². The summed E-state index contributed by atoms with van der Waals surface area (Å²) in [5.74, 6) is 0.820. The molecule has 0 N–H and O–H groups in total. The van der Waals surface area contributed by atoms with Gasteiger partial charge in [-0.2, -0.15) is 0 Å². The van der Waals surface area contributed by atoms with Crippen LogP contribution in [0, 0.1) is 13.8 Å². The van der Waals surface area contributed by atoms with Crippen molar-refractivity contribution in [2.45, 2.75) is 46.5 Å². The van der Waals surface area contributed by atoms with E-state index in [2.05, 4.69) is 28.6 Å². The van der Waals surface area contributed by atoms with E-state index in [1.807, 2.05) is 19.9 Å². The first-order chi connectivity index (χ1) is 13.5. The third-order valence-electron chi connectivity index (χ3n) is 5.06. The lowest BCUT2D eigenvalue weighted by Gasteiger charge is -2.13. The highest BCUT2D eigenvalue weighted by Crippen LogP contribution is 2.33. The van der Waals surface area contributed by atoms with Gasteiger partial charge >= 0.3 is 0 Å². The first-order valence-corrected chi connectivity index (χ1v) is 9.85. The van der Waals surface area contributed by atoms with Crippen LogP contribution >= 0.6 is 11.6 Å². The van der Waals surface area contributed by atoms with Gasteiger partial charge in [-0.1, -0.05) is 11.6 Å². The Morgan fingerprint density at radius 3 is 2.61 bits per heavy atom. The molecule has 4 rings (SSSR count). The number of aryl methyl sites for hydroxylation is 2. The molecule has 0 saturated carbocycles. The second-order valence-electron chi connectivity index (χ2n) is 7.35. The molecule has 6 heteroatoms. The first-order valence-electron chi connectivity index (χ1n) is 9.47. The molecule has 0 amide bonds. The Labute approximate surface area is 169 Å². The van der Waals surface area contributed by atoms with E-state index in [0.717, 1.165) is 46.1 Å². The fourth-order valence-corrected chi connectivity index (χ4v) is 4.01. The van der Waals surface area contributed by atoms with E-state index in [4.69, 9.17) is 21.3 Å². The van der Waals surface area contributed by atoms with Crippen LogP contribution in [-0.2, 0) is 24.4 Å². The van der Waals surface area contributed by atoms with Crippen molar-refractivity contribution in [2.24, 2.45) is 0 Å². The number of halogens is 2. The predicted octanol–water partition coefficient (Wildman–Crippen LogP) is 5.31. The maximum atomic E-state index is 13.4. The maximum Gasteiger partial charge on any atom is 0.140 e. The zero-order valence-corrected chi connectivity index (χ0v) is 17.1. The van der Waals surface area contributed by atoms with Crippen LogP contribution in [0.15, 0.2) is 30.3 Å². The van der Waals surface area contributed by atoms with Crippen molar-refractivity contribution in [1.82, 2.24) is 14.5 Å². The summed E-state index contributed by atoms with van der Waals surface area (Å²) in [4.78, 5) is 9.49. The van der Waals surface area contributed by atoms with Crippen LogP contribution in [0.3, 0.4) is 0 Å². The summed E-state index contributed by atoms with van der Waals surface area (Å²) in [6, 6.07) is 9.56. The van der Waals surface area contributed by atoms with Crippen molar-refractivity contribution in [3.8, 4) is 22.6 Å². The molecule has 0 spiro atoms. The summed E-state index contributed by atoms with van der Waals surface area (Å²) in [5, 5.41) is 0.436. The summed E-state index contributed by atoms with van der Waals surface area (Å²) >= 11 is 6.12. The number of hydrogen-bond donors (Lipinski definition) is 0. The van der Waals surface area contributed by atoms with E-state index in [1.54, 1.807) is 12.1 Å². The highest BCUT2D eigenvalue weighted by Gasteiger charge is 2.24. The average Bonchev–Trinajstić information content (AvgIpc) is 2.88. The second-order valence-corrected chi connectivity index (χ2v) is 7.76. The third-order valence-corrected chi connectivity index (χ3v) is 5.42. The predicted molar refractivity (Wildman–Crippen MR) is 109 cm³/mol. The molecule has 146 valence electrons. The zero-order valence-electron chi connectivity index (χ0n) is 16.3. The van der Waals surface area contributed by atoms with Gasteiger partial charge in [-0.25, -0.2) is 9.37 Å². The highest BCUT2D eigenvalue weighted by molar-refractivity contribution is 6.31. The van der Waals surface area contributed by atoms with Gasteiger partial charge in [0.15, 0.2) is 0 Å². The Morgan fingerprint density at radius 2 is 1.89 bits per heavy atom.